The molecule has 0 radical (unpaired) electrons. The molecule has 8 heteroatoms. The lowest BCUT2D eigenvalue weighted by Crippen LogP contribution is -2.28. The van der Waals surface area contributed by atoms with E-state index in [1.54, 1.807) is 4.72 Å². The fourth-order valence-corrected chi connectivity index (χ4v) is 2.49. The van der Waals surface area contributed by atoms with Crippen LogP contribution in [0, 0.1) is 11.5 Å². The Balaban J connectivity index is 2.32. The SMILES string of the molecule is N#CNS(=O)(=O)c1ccc(N2C(=O)CCC2=O)cc1. The van der Waals surface area contributed by atoms with Crippen molar-refractivity contribution < 1.29 is 18.0 Å². The monoisotopic (exact) mass is 279 g/mol. The van der Waals surface area contributed by atoms with Crippen LogP contribution in [0.2, 0.25) is 0 Å². The average Bonchev–Trinajstić information content (AvgIpc) is 2.69. The van der Waals surface area contributed by atoms with Gasteiger partial charge in [-0.2, -0.15) is 5.26 Å². The van der Waals surface area contributed by atoms with Crippen LogP contribution in [0.3, 0.4) is 0 Å². The molecule has 0 aliphatic carbocycles. The zero-order valence-corrected chi connectivity index (χ0v) is 10.5. The Labute approximate surface area is 109 Å². The molecule has 2 rings (SSSR count). The van der Waals surface area contributed by atoms with Gasteiger partial charge in [-0.1, -0.05) is 0 Å². The first-order valence-corrected chi connectivity index (χ1v) is 6.81. The number of nitrogens with one attached hydrogen (secondary N) is 1. The number of sulfonamides is 1. The third kappa shape index (κ3) is 2.41. The summed E-state index contributed by atoms with van der Waals surface area (Å²) in [6, 6.07) is 5.17. The van der Waals surface area contributed by atoms with Crippen LogP contribution in [0.4, 0.5) is 5.69 Å². The predicted octanol–water partition coefficient (Wildman–Crippen LogP) is 0.0994. The highest BCUT2D eigenvalue weighted by atomic mass is 32.2. The number of anilines is 1. The number of imide groups is 1. The summed E-state index contributed by atoms with van der Waals surface area (Å²) in [6.07, 6.45) is 1.66. The standard InChI is InChI=1S/C11H9N3O4S/c12-7-13-19(17,18)9-3-1-8(2-4-9)14-10(15)5-6-11(14)16/h1-4,13H,5-6H2. The Kier molecular flexibility index (Phi) is 3.23. The molecule has 0 saturated carbocycles. The first-order chi connectivity index (χ1) is 8.95. The molecule has 1 aliphatic heterocycles. The molecule has 1 saturated heterocycles. The van der Waals surface area contributed by atoms with E-state index in [4.69, 9.17) is 5.26 Å². The van der Waals surface area contributed by atoms with Crippen molar-refractivity contribution in [2.45, 2.75) is 17.7 Å². The number of hydrogen-bond donors (Lipinski definition) is 1. The molecular formula is C11H9N3O4S. The van der Waals surface area contributed by atoms with Gasteiger partial charge in [0.2, 0.25) is 11.8 Å². The summed E-state index contributed by atoms with van der Waals surface area (Å²) in [5, 5.41) is 8.32. The van der Waals surface area contributed by atoms with E-state index in [-0.39, 0.29) is 29.6 Å². The van der Waals surface area contributed by atoms with E-state index < -0.39 is 10.0 Å². The molecule has 19 heavy (non-hydrogen) atoms. The van der Waals surface area contributed by atoms with E-state index >= 15 is 0 Å². The van der Waals surface area contributed by atoms with Crippen LogP contribution in [0.5, 0.6) is 0 Å². The van der Waals surface area contributed by atoms with Gasteiger partial charge in [-0.3, -0.25) is 14.5 Å². The smallest absolute Gasteiger partial charge is 0.270 e. The molecule has 0 aromatic heterocycles. The van der Waals surface area contributed by atoms with Gasteiger partial charge in [0.25, 0.3) is 10.0 Å². The van der Waals surface area contributed by atoms with E-state index in [1.807, 2.05) is 0 Å². The molecule has 1 aromatic rings. The molecular weight excluding hydrogens is 270 g/mol. The van der Waals surface area contributed by atoms with Gasteiger partial charge in [0, 0.05) is 12.8 Å². The largest absolute Gasteiger partial charge is 0.274 e. The Bertz CT molecular complexity index is 657. The minimum Gasteiger partial charge on any atom is -0.274 e. The number of nitrogens with zero attached hydrogens (tertiary/aromatic N) is 2. The highest BCUT2D eigenvalue weighted by molar-refractivity contribution is 7.89. The summed E-state index contributed by atoms with van der Waals surface area (Å²) in [4.78, 5) is 23.9. The fraction of sp³-hybridized carbons (Fsp3) is 0.182. The Morgan fingerprint density at radius 3 is 2.11 bits per heavy atom. The molecule has 0 unspecified atom stereocenters. The number of hydrogen-bond acceptors (Lipinski definition) is 5. The molecule has 1 aromatic carbocycles. The maximum absolute atomic E-state index is 11.5. The molecule has 7 nitrogen and oxygen atoms in total. The molecule has 0 spiro atoms. The number of rotatable bonds is 3. The summed E-state index contributed by atoms with van der Waals surface area (Å²) in [6.45, 7) is 0. The van der Waals surface area contributed by atoms with Crippen LogP contribution >= 0.6 is 0 Å². The van der Waals surface area contributed by atoms with Crippen molar-refractivity contribution in [2.75, 3.05) is 4.90 Å². The third-order valence-corrected chi connectivity index (χ3v) is 3.89. The van der Waals surface area contributed by atoms with Crippen molar-refractivity contribution >= 4 is 27.5 Å². The second kappa shape index (κ2) is 4.70. The molecule has 0 atom stereocenters. The molecule has 1 heterocycles. The van der Waals surface area contributed by atoms with Gasteiger partial charge in [0.1, 0.15) is 0 Å². The second-order valence-corrected chi connectivity index (χ2v) is 5.52. The van der Waals surface area contributed by atoms with Crippen molar-refractivity contribution in [1.29, 1.82) is 5.26 Å². The second-order valence-electron chi connectivity index (χ2n) is 3.83. The predicted molar refractivity (Wildman–Crippen MR) is 64.1 cm³/mol. The number of nitriles is 1. The van der Waals surface area contributed by atoms with Crippen molar-refractivity contribution in [3.63, 3.8) is 0 Å². The van der Waals surface area contributed by atoms with Gasteiger partial charge in [0.05, 0.1) is 10.6 Å². The lowest BCUT2D eigenvalue weighted by molar-refractivity contribution is -0.121. The minimum atomic E-state index is -3.88. The van der Waals surface area contributed by atoms with Crippen LogP contribution < -0.4 is 9.62 Å². The topological polar surface area (TPSA) is 107 Å². The first kappa shape index (κ1) is 13.0. The molecule has 1 N–H and O–H groups in total. The highest BCUT2D eigenvalue weighted by Crippen LogP contribution is 2.23. The Hall–Kier alpha value is -2.40. The molecule has 1 aliphatic rings. The summed E-state index contributed by atoms with van der Waals surface area (Å²) >= 11 is 0. The van der Waals surface area contributed by atoms with Crippen molar-refractivity contribution in [3.05, 3.63) is 24.3 Å². The number of carbonyl (C=O) groups is 2. The zero-order valence-electron chi connectivity index (χ0n) is 9.66. The third-order valence-electron chi connectivity index (χ3n) is 2.64. The zero-order chi connectivity index (χ0) is 14.0. The van der Waals surface area contributed by atoms with Crippen molar-refractivity contribution in [2.24, 2.45) is 0 Å². The van der Waals surface area contributed by atoms with Crippen molar-refractivity contribution in [1.82, 2.24) is 4.72 Å². The van der Waals surface area contributed by atoms with Crippen LogP contribution in [-0.2, 0) is 19.6 Å². The minimum absolute atomic E-state index is 0.114. The van der Waals surface area contributed by atoms with E-state index in [0.717, 1.165) is 4.90 Å². The van der Waals surface area contributed by atoms with E-state index in [0.29, 0.717) is 5.69 Å². The van der Waals surface area contributed by atoms with Crippen molar-refractivity contribution in [3.8, 4) is 6.19 Å². The van der Waals surface area contributed by atoms with Gasteiger partial charge in [-0.15, -0.1) is 0 Å². The molecule has 1 fully saturated rings. The van der Waals surface area contributed by atoms with E-state index in [1.165, 1.54) is 30.5 Å². The Morgan fingerprint density at radius 1 is 1.11 bits per heavy atom. The normalized spacial score (nSPS) is 15.4. The summed E-state index contributed by atoms with van der Waals surface area (Å²) in [5.41, 5.74) is 0.323. The number of carbonyl (C=O) groups excluding carboxylic acids is 2. The number of benzene rings is 1. The Morgan fingerprint density at radius 2 is 1.63 bits per heavy atom. The van der Waals surface area contributed by atoms with Gasteiger partial charge in [0.15, 0.2) is 6.19 Å². The summed E-state index contributed by atoms with van der Waals surface area (Å²) < 4.78 is 24.7. The molecule has 98 valence electrons. The summed E-state index contributed by atoms with van der Waals surface area (Å²) in [7, 11) is -3.88. The van der Waals surface area contributed by atoms with Crippen LogP contribution in [-0.4, -0.2) is 20.2 Å². The van der Waals surface area contributed by atoms with Crippen LogP contribution in [0.25, 0.3) is 0 Å². The van der Waals surface area contributed by atoms with Gasteiger partial charge in [-0.05, 0) is 24.3 Å². The first-order valence-electron chi connectivity index (χ1n) is 5.32. The van der Waals surface area contributed by atoms with E-state index in [9.17, 15) is 18.0 Å². The maximum Gasteiger partial charge on any atom is 0.270 e. The average molecular weight is 279 g/mol. The van der Waals surface area contributed by atoms with Gasteiger partial charge in [-0.25, -0.2) is 13.1 Å². The maximum atomic E-state index is 11.5. The lowest BCUT2D eigenvalue weighted by Gasteiger charge is -2.13. The molecule has 0 bridgehead atoms. The fourth-order valence-electron chi connectivity index (χ4n) is 1.76. The number of amides is 2. The highest BCUT2D eigenvalue weighted by Gasteiger charge is 2.30. The van der Waals surface area contributed by atoms with Gasteiger partial charge >= 0.3 is 0 Å². The lowest BCUT2D eigenvalue weighted by atomic mass is 10.3. The quantitative estimate of drug-likeness (QED) is 0.479. The van der Waals surface area contributed by atoms with Crippen LogP contribution in [0.1, 0.15) is 12.8 Å². The van der Waals surface area contributed by atoms with Crippen LogP contribution in [0.15, 0.2) is 29.2 Å². The van der Waals surface area contributed by atoms with E-state index in [2.05, 4.69) is 0 Å². The van der Waals surface area contributed by atoms with Gasteiger partial charge < -0.3 is 0 Å². The molecule has 2 amide bonds. The summed E-state index contributed by atoms with van der Waals surface area (Å²) in [5.74, 6) is -0.619.